The highest BCUT2D eigenvalue weighted by atomic mass is 16.6. The summed E-state index contributed by atoms with van der Waals surface area (Å²) in [5.41, 5.74) is 5.06. The Morgan fingerprint density at radius 1 is 1.16 bits per heavy atom. The van der Waals surface area contributed by atoms with Crippen molar-refractivity contribution in [3.8, 4) is 17.6 Å². The van der Waals surface area contributed by atoms with Gasteiger partial charge in [0.1, 0.15) is 11.9 Å². The summed E-state index contributed by atoms with van der Waals surface area (Å²) in [6, 6.07) is 16.8. The van der Waals surface area contributed by atoms with Crippen molar-refractivity contribution in [3.05, 3.63) is 87.2 Å². The van der Waals surface area contributed by atoms with E-state index in [0.29, 0.717) is 28.5 Å². The molecule has 0 aliphatic heterocycles. The van der Waals surface area contributed by atoms with Crippen LogP contribution in [0, 0.1) is 35.3 Å². The molecule has 1 heterocycles. The van der Waals surface area contributed by atoms with Gasteiger partial charge in [-0.05, 0) is 66.9 Å². The van der Waals surface area contributed by atoms with Crippen molar-refractivity contribution >= 4 is 40.0 Å². The Hall–Kier alpha value is -5.17. The number of carbonyl (C=O) groups is 1. The highest BCUT2D eigenvalue weighted by Gasteiger charge is 2.13. The number of nitrogens with one attached hydrogen (secondary N) is 2. The summed E-state index contributed by atoms with van der Waals surface area (Å²) < 4.78 is 11.0. The zero-order chi connectivity index (χ0) is 26.5. The van der Waals surface area contributed by atoms with Crippen molar-refractivity contribution in [2.45, 2.75) is 13.8 Å². The van der Waals surface area contributed by atoms with Crippen molar-refractivity contribution in [3.63, 3.8) is 0 Å². The molecular formula is C27H23N5O5. The maximum atomic E-state index is 12.3. The molecule has 10 heteroatoms. The van der Waals surface area contributed by atoms with Crippen molar-refractivity contribution in [1.29, 1.82) is 5.26 Å². The van der Waals surface area contributed by atoms with E-state index in [1.165, 1.54) is 25.3 Å². The third-order valence-corrected chi connectivity index (χ3v) is 5.67. The van der Waals surface area contributed by atoms with Crippen LogP contribution < -0.4 is 14.8 Å². The molecule has 1 amide bonds. The van der Waals surface area contributed by atoms with Crippen molar-refractivity contribution in [1.82, 2.24) is 9.97 Å². The van der Waals surface area contributed by atoms with E-state index in [4.69, 9.17) is 9.47 Å². The molecule has 0 fully saturated rings. The molecule has 0 saturated heterocycles. The van der Waals surface area contributed by atoms with Crippen LogP contribution >= 0.6 is 0 Å². The molecule has 37 heavy (non-hydrogen) atoms. The minimum absolute atomic E-state index is 0.131. The van der Waals surface area contributed by atoms with Crippen molar-refractivity contribution in [2.24, 2.45) is 0 Å². The summed E-state index contributed by atoms with van der Waals surface area (Å²) in [5.74, 6) is 0.653. The quantitative estimate of drug-likeness (QED) is 0.194. The predicted molar refractivity (Wildman–Crippen MR) is 139 cm³/mol. The highest BCUT2D eigenvalue weighted by Crippen LogP contribution is 2.30. The molecule has 0 spiro atoms. The van der Waals surface area contributed by atoms with Gasteiger partial charge >= 0.3 is 0 Å². The minimum Gasteiger partial charge on any atom is -0.493 e. The maximum Gasteiger partial charge on any atom is 0.271 e. The Labute approximate surface area is 212 Å². The van der Waals surface area contributed by atoms with E-state index in [1.54, 1.807) is 30.3 Å². The van der Waals surface area contributed by atoms with Crippen LogP contribution in [0.2, 0.25) is 0 Å². The third kappa shape index (κ3) is 5.74. The number of aryl methyl sites for hydroxylation is 2. The number of fused-ring (bicyclic) bond motifs is 1. The van der Waals surface area contributed by atoms with Crippen LogP contribution in [0.5, 0.6) is 11.5 Å². The first-order valence-corrected chi connectivity index (χ1v) is 11.2. The second-order valence-corrected chi connectivity index (χ2v) is 8.26. The van der Waals surface area contributed by atoms with Crippen LogP contribution in [-0.4, -0.2) is 34.5 Å². The highest BCUT2D eigenvalue weighted by molar-refractivity contribution is 5.92. The number of hydrogen-bond acceptors (Lipinski definition) is 7. The van der Waals surface area contributed by atoms with Gasteiger partial charge in [-0.1, -0.05) is 12.1 Å². The fourth-order valence-corrected chi connectivity index (χ4v) is 3.65. The molecule has 0 bridgehead atoms. The van der Waals surface area contributed by atoms with Gasteiger partial charge in [0, 0.05) is 17.8 Å². The number of allylic oxidation sites excluding steroid dienone is 1. The number of aromatic amines is 1. The smallest absolute Gasteiger partial charge is 0.271 e. The summed E-state index contributed by atoms with van der Waals surface area (Å²) in [4.78, 5) is 30.4. The van der Waals surface area contributed by atoms with Crippen LogP contribution in [0.1, 0.15) is 22.5 Å². The number of H-pyrrole nitrogens is 1. The molecule has 4 aromatic rings. The second-order valence-electron chi connectivity index (χ2n) is 8.26. The molecule has 0 saturated carbocycles. The lowest BCUT2D eigenvalue weighted by molar-refractivity contribution is -0.384. The molecule has 0 aliphatic carbocycles. The number of nitriles is 1. The van der Waals surface area contributed by atoms with Crippen LogP contribution in [0.4, 0.5) is 11.4 Å². The number of nitro benzene ring substituents is 1. The van der Waals surface area contributed by atoms with Crippen LogP contribution in [0.3, 0.4) is 0 Å². The number of rotatable bonds is 8. The summed E-state index contributed by atoms with van der Waals surface area (Å²) in [6.45, 7) is 3.69. The molecule has 0 aliphatic rings. The van der Waals surface area contributed by atoms with Crippen molar-refractivity contribution in [2.75, 3.05) is 19.0 Å². The van der Waals surface area contributed by atoms with E-state index in [-0.39, 0.29) is 18.0 Å². The average Bonchev–Trinajstić information content (AvgIpc) is 3.28. The van der Waals surface area contributed by atoms with Gasteiger partial charge in [-0.25, -0.2) is 4.98 Å². The Kier molecular flexibility index (Phi) is 7.16. The zero-order valence-corrected chi connectivity index (χ0v) is 20.4. The lowest BCUT2D eigenvalue weighted by atomic mass is 10.1. The molecule has 4 rings (SSSR count). The second kappa shape index (κ2) is 10.6. The Bertz CT molecular complexity index is 1540. The fourth-order valence-electron chi connectivity index (χ4n) is 3.65. The number of amides is 1. The number of nitrogens with zero attached hydrogens (tertiary/aromatic N) is 3. The standard InChI is InChI=1S/C27H23N5O5/c1-16-9-22-23(10-17(16)2)31-27(30-22)19(14-28)11-18-7-8-24(25(12-18)36-3)37-15-26(33)29-20-5-4-6-21(13-20)32(34)35/h4-13H,15H2,1-3H3,(H,29,33)(H,30,31)/b19-11+. The largest absolute Gasteiger partial charge is 0.493 e. The topological polar surface area (TPSA) is 143 Å². The lowest BCUT2D eigenvalue weighted by Crippen LogP contribution is -2.20. The lowest BCUT2D eigenvalue weighted by Gasteiger charge is -2.11. The van der Waals surface area contributed by atoms with Gasteiger partial charge in [-0.3, -0.25) is 14.9 Å². The molecule has 10 nitrogen and oxygen atoms in total. The normalized spacial score (nSPS) is 11.1. The van der Waals surface area contributed by atoms with Crippen LogP contribution in [-0.2, 0) is 4.79 Å². The minimum atomic E-state index is -0.541. The summed E-state index contributed by atoms with van der Waals surface area (Å²) in [6.07, 6.45) is 1.68. The van der Waals surface area contributed by atoms with Gasteiger partial charge in [-0.15, -0.1) is 0 Å². The van der Waals surface area contributed by atoms with E-state index in [9.17, 15) is 20.2 Å². The number of imidazole rings is 1. The van der Waals surface area contributed by atoms with Gasteiger partial charge in [-0.2, -0.15) is 5.26 Å². The number of non-ortho nitro benzene ring substituents is 1. The number of nitro groups is 1. The number of anilines is 1. The van der Waals surface area contributed by atoms with E-state index in [0.717, 1.165) is 22.2 Å². The number of benzene rings is 3. The Morgan fingerprint density at radius 3 is 2.68 bits per heavy atom. The number of hydrogen-bond donors (Lipinski definition) is 2. The molecule has 0 unspecified atom stereocenters. The molecule has 186 valence electrons. The van der Waals surface area contributed by atoms with Crippen LogP contribution in [0.15, 0.2) is 54.6 Å². The monoisotopic (exact) mass is 497 g/mol. The van der Waals surface area contributed by atoms with Gasteiger partial charge < -0.3 is 19.8 Å². The molecule has 0 atom stereocenters. The first-order valence-electron chi connectivity index (χ1n) is 11.2. The van der Waals surface area contributed by atoms with Gasteiger partial charge in [0.25, 0.3) is 11.6 Å². The summed E-state index contributed by atoms with van der Waals surface area (Å²) >= 11 is 0. The number of methoxy groups -OCH3 is 1. The van der Waals surface area contributed by atoms with Gasteiger partial charge in [0.05, 0.1) is 28.6 Å². The Morgan fingerprint density at radius 2 is 1.95 bits per heavy atom. The Balaban J connectivity index is 1.49. The predicted octanol–water partition coefficient (Wildman–Crippen LogP) is 5.18. The van der Waals surface area contributed by atoms with E-state index in [1.807, 2.05) is 26.0 Å². The molecular weight excluding hydrogens is 474 g/mol. The molecule has 1 aromatic heterocycles. The molecule has 3 aromatic carbocycles. The number of ether oxygens (including phenoxy) is 2. The van der Waals surface area contributed by atoms with Gasteiger partial charge in [0.2, 0.25) is 0 Å². The summed E-state index contributed by atoms with van der Waals surface area (Å²) in [7, 11) is 1.47. The van der Waals surface area contributed by atoms with E-state index >= 15 is 0 Å². The van der Waals surface area contributed by atoms with Crippen molar-refractivity contribution < 1.29 is 19.2 Å². The zero-order valence-electron chi connectivity index (χ0n) is 20.4. The SMILES string of the molecule is COc1cc(/C=C(\C#N)c2nc3cc(C)c(C)cc3[nH]2)ccc1OCC(=O)Nc1cccc([N+](=O)[O-])c1. The molecule has 0 radical (unpaired) electrons. The third-order valence-electron chi connectivity index (χ3n) is 5.67. The van der Waals surface area contributed by atoms with E-state index < -0.39 is 10.8 Å². The first kappa shape index (κ1) is 24.9. The van der Waals surface area contributed by atoms with Gasteiger partial charge in [0.15, 0.2) is 18.1 Å². The maximum absolute atomic E-state index is 12.3. The fraction of sp³-hybridized carbons (Fsp3) is 0.148. The van der Waals surface area contributed by atoms with Crippen LogP contribution in [0.25, 0.3) is 22.7 Å². The first-order chi connectivity index (χ1) is 17.8. The molecule has 2 N–H and O–H groups in total. The van der Waals surface area contributed by atoms with E-state index in [2.05, 4.69) is 21.4 Å². The summed E-state index contributed by atoms with van der Waals surface area (Å²) in [5, 5.41) is 23.2. The average molecular weight is 498 g/mol. The number of carbonyl (C=O) groups excluding carboxylic acids is 1. The number of aromatic nitrogens is 2.